The molecule has 0 rings (SSSR count). The van der Waals surface area contributed by atoms with Crippen molar-refractivity contribution < 1.29 is 16.9 Å². The summed E-state index contributed by atoms with van der Waals surface area (Å²) in [4.78, 5) is 0. The van der Waals surface area contributed by atoms with E-state index >= 15 is 0 Å². The molecule has 27 heavy (non-hydrogen) atoms. The first kappa shape index (κ1) is 29.5. The van der Waals surface area contributed by atoms with Gasteiger partial charge in [0.05, 0.1) is 26.7 Å². The number of hydrogen-bond acceptors (Lipinski definition) is 0. The van der Waals surface area contributed by atoms with Crippen molar-refractivity contribution in [2.24, 2.45) is 17.8 Å². The Morgan fingerprint density at radius 2 is 0.704 bits per heavy atom. The molecular formula is C25H54ClN. The first-order valence-corrected chi connectivity index (χ1v) is 12.1. The topological polar surface area (TPSA) is 0 Å². The smallest absolute Gasteiger partial charge is 0.0784 e. The molecule has 0 atom stereocenters. The Morgan fingerprint density at radius 3 is 0.926 bits per heavy atom. The molecule has 0 aliphatic carbocycles. The summed E-state index contributed by atoms with van der Waals surface area (Å²) in [7, 11) is 2.55. The van der Waals surface area contributed by atoms with Crippen molar-refractivity contribution in [1.82, 2.24) is 0 Å². The van der Waals surface area contributed by atoms with E-state index in [-0.39, 0.29) is 12.4 Å². The molecule has 0 fully saturated rings. The van der Waals surface area contributed by atoms with Gasteiger partial charge in [-0.2, -0.15) is 0 Å². The summed E-state index contributed by atoms with van der Waals surface area (Å²) in [6.07, 6.45) is 17.1. The molecule has 0 saturated carbocycles. The summed E-state index contributed by atoms with van der Waals surface area (Å²) in [6.45, 7) is 18.4. The minimum absolute atomic E-state index is 0. The SMILES string of the molecule is CC(C)CCCCC[N+](C)(CCCCCC(C)C)CCCCCC(C)C.[Cl-]. The van der Waals surface area contributed by atoms with Gasteiger partial charge in [-0.1, -0.05) is 80.1 Å². The number of quaternary nitrogens is 1. The van der Waals surface area contributed by atoms with Gasteiger partial charge in [-0.3, -0.25) is 0 Å². The first-order chi connectivity index (χ1) is 12.2. The van der Waals surface area contributed by atoms with E-state index in [0.29, 0.717) is 0 Å². The van der Waals surface area contributed by atoms with Gasteiger partial charge in [0.2, 0.25) is 0 Å². The lowest BCUT2D eigenvalue weighted by Crippen LogP contribution is -3.00. The van der Waals surface area contributed by atoms with Crippen LogP contribution in [-0.2, 0) is 0 Å². The van der Waals surface area contributed by atoms with Crippen molar-refractivity contribution in [3.63, 3.8) is 0 Å². The van der Waals surface area contributed by atoms with Gasteiger partial charge < -0.3 is 16.9 Å². The van der Waals surface area contributed by atoms with Crippen molar-refractivity contribution in [3.8, 4) is 0 Å². The number of hydrogen-bond donors (Lipinski definition) is 0. The predicted octanol–water partition coefficient (Wildman–Crippen LogP) is 5.09. The molecule has 0 heterocycles. The summed E-state index contributed by atoms with van der Waals surface area (Å²) in [5.74, 6) is 2.62. The van der Waals surface area contributed by atoms with Crippen LogP contribution in [0.4, 0.5) is 0 Å². The molecule has 0 aliphatic rings. The number of nitrogens with zero attached hydrogens (tertiary/aromatic N) is 1. The highest BCUT2D eigenvalue weighted by atomic mass is 35.5. The molecule has 0 unspecified atom stereocenters. The average Bonchev–Trinajstić information content (AvgIpc) is 2.53. The van der Waals surface area contributed by atoms with Gasteiger partial charge in [-0.25, -0.2) is 0 Å². The molecule has 0 spiro atoms. The highest BCUT2D eigenvalue weighted by Crippen LogP contribution is 2.17. The van der Waals surface area contributed by atoms with E-state index in [9.17, 15) is 0 Å². The van der Waals surface area contributed by atoms with Gasteiger partial charge >= 0.3 is 0 Å². The molecule has 0 aromatic rings. The molecular weight excluding hydrogens is 350 g/mol. The highest BCUT2D eigenvalue weighted by molar-refractivity contribution is 4.53. The zero-order valence-electron chi connectivity index (χ0n) is 20.2. The van der Waals surface area contributed by atoms with Crippen LogP contribution in [0.25, 0.3) is 0 Å². The summed E-state index contributed by atoms with van der Waals surface area (Å²) in [5.41, 5.74) is 0. The number of halogens is 1. The zero-order valence-corrected chi connectivity index (χ0v) is 20.9. The van der Waals surface area contributed by atoms with Crippen LogP contribution in [0.5, 0.6) is 0 Å². The molecule has 0 amide bonds. The highest BCUT2D eigenvalue weighted by Gasteiger charge is 2.20. The summed E-state index contributed by atoms with van der Waals surface area (Å²) < 4.78 is 1.34. The second kappa shape index (κ2) is 18.3. The molecule has 0 radical (unpaired) electrons. The fourth-order valence-electron chi connectivity index (χ4n) is 4.00. The van der Waals surface area contributed by atoms with Crippen molar-refractivity contribution >= 4 is 0 Å². The lowest BCUT2D eigenvalue weighted by atomic mass is 10.0. The largest absolute Gasteiger partial charge is 1.00 e. The van der Waals surface area contributed by atoms with Crippen LogP contribution in [0.2, 0.25) is 0 Å². The molecule has 0 saturated heterocycles. The van der Waals surface area contributed by atoms with E-state index in [0.717, 1.165) is 17.8 Å². The Hall–Kier alpha value is 0.250. The van der Waals surface area contributed by atoms with E-state index in [4.69, 9.17) is 0 Å². The fraction of sp³-hybridized carbons (Fsp3) is 1.00. The van der Waals surface area contributed by atoms with Gasteiger partial charge in [-0.05, 0) is 56.3 Å². The molecule has 0 aliphatic heterocycles. The van der Waals surface area contributed by atoms with Gasteiger partial charge in [0.1, 0.15) is 0 Å². The fourth-order valence-corrected chi connectivity index (χ4v) is 4.00. The van der Waals surface area contributed by atoms with Crippen LogP contribution in [0.3, 0.4) is 0 Å². The number of rotatable bonds is 18. The molecule has 166 valence electrons. The zero-order chi connectivity index (χ0) is 19.8. The van der Waals surface area contributed by atoms with Crippen LogP contribution in [0.15, 0.2) is 0 Å². The Labute approximate surface area is 180 Å². The maximum absolute atomic E-state index is 2.55. The van der Waals surface area contributed by atoms with Crippen LogP contribution in [-0.4, -0.2) is 31.2 Å². The second-order valence-corrected chi connectivity index (χ2v) is 10.5. The van der Waals surface area contributed by atoms with Gasteiger partial charge in [0, 0.05) is 0 Å². The third-order valence-corrected chi connectivity index (χ3v) is 5.94. The normalized spacial score (nSPS) is 12.2. The predicted molar refractivity (Wildman–Crippen MR) is 121 cm³/mol. The second-order valence-electron chi connectivity index (χ2n) is 10.5. The van der Waals surface area contributed by atoms with Gasteiger partial charge in [-0.15, -0.1) is 0 Å². The number of unbranched alkanes of at least 4 members (excludes halogenated alkanes) is 6. The maximum atomic E-state index is 2.55. The molecule has 0 aromatic heterocycles. The van der Waals surface area contributed by atoms with Gasteiger partial charge in [0.15, 0.2) is 0 Å². The third-order valence-electron chi connectivity index (χ3n) is 5.94. The molecule has 1 nitrogen and oxygen atoms in total. The molecule has 0 bridgehead atoms. The lowest BCUT2D eigenvalue weighted by molar-refractivity contribution is -0.910. The Balaban J connectivity index is 0. The quantitative estimate of drug-likeness (QED) is 0.221. The minimum atomic E-state index is 0. The Kier molecular flexibility index (Phi) is 19.9. The third kappa shape index (κ3) is 20.8. The summed E-state index contributed by atoms with van der Waals surface area (Å²) >= 11 is 0. The van der Waals surface area contributed by atoms with Crippen molar-refractivity contribution in [1.29, 1.82) is 0 Å². The van der Waals surface area contributed by atoms with Crippen molar-refractivity contribution in [3.05, 3.63) is 0 Å². The Bertz CT molecular complexity index is 253. The van der Waals surface area contributed by atoms with E-state index in [1.165, 1.54) is 101 Å². The van der Waals surface area contributed by atoms with Crippen LogP contribution in [0.1, 0.15) is 119 Å². The maximum Gasteiger partial charge on any atom is 0.0784 e. The molecule has 0 N–H and O–H groups in total. The summed E-state index contributed by atoms with van der Waals surface area (Å²) in [5, 5.41) is 0. The van der Waals surface area contributed by atoms with E-state index < -0.39 is 0 Å². The monoisotopic (exact) mass is 403 g/mol. The van der Waals surface area contributed by atoms with E-state index in [2.05, 4.69) is 48.6 Å². The first-order valence-electron chi connectivity index (χ1n) is 12.1. The van der Waals surface area contributed by atoms with Crippen molar-refractivity contribution in [2.45, 2.75) is 119 Å². The molecule has 2 heteroatoms. The van der Waals surface area contributed by atoms with Crippen LogP contribution >= 0.6 is 0 Å². The molecule has 0 aromatic carbocycles. The summed E-state index contributed by atoms with van der Waals surface area (Å²) in [6, 6.07) is 0. The minimum Gasteiger partial charge on any atom is -1.00 e. The Morgan fingerprint density at radius 1 is 0.444 bits per heavy atom. The van der Waals surface area contributed by atoms with Gasteiger partial charge in [0.25, 0.3) is 0 Å². The lowest BCUT2D eigenvalue weighted by Gasteiger charge is -2.35. The van der Waals surface area contributed by atoms with E-state index in [1.807, 2.05) is 0 Å². The van der Waals surface area contributed by atoms with Crippen LogP contribution in [0, 0.1) is 17.8 Å². The van der Waals surface area contributed by atoms with Crippen LogP contribution < -0.4 is 12.4 Å². The van der Waals surface area contributed by atoms with Crippen molar-refractivity contribution in [2.75, 3.05) is 26.7 Å². The average molecular weight is 404 g/mol. The standard InChI is InChI=1S/C25H54N.ClH/c1-23(2)17-11-8-14-20-26(7,21-15-9-12-18-24(3)4)22-16-10-13-19-25(5)6;/h23-25H,8-22H2,1-7H3;1H/q+1;/p-1. The van der Waals surface area contributed by atoms with E-state index in [1.54, 1.807) is 0 Å².